The molecule has 0 aliphatic carbocycles. The molecule has 3 rings (SSSR count). The molecule has 138 valence electrons. The summed E-state index contributed by atoms with van der Waals surface area (Å²) >= 11 is 0. The van der Waals surface area contributed by atoms with E-state index < -0.39 is 6.29 Å². The van der Waals surface area contributed by atoms with Crippen LogP contribution in [0.1, 0.15) is 24.5 Å². The molecule has 1 aliphatic rings. The third kappa shape index (κ3) is 5.66. The lowest BCUT2D eigenvalue weighted by molar-refractivity contribution is -0.177. The van der Waals surface area contributed by atoms with Crippen LogP contribution in [0.3, 0.4) is 0 Å². The summed E-state index contributed by atoms with van der Waals surface area (Å²) in [6.07, 6.45) is -0.535. The Kier molecular flexibility index (Phi) is 6.77. The van der Waals surface area contributed by atoms with Gasteiger partial charge in [-0.15, -0.1) is 0 Å². The third-order valence-electron chi connectivity index (χ3n) is 4.16. The molecule has 1 unspecified atom stereocenters. The van der Waals surface area contributed by atoms with Gasteiger partial charge in [0.15, 0.2) is 0 Å². The van der Waals surface area contributed by atoms with Crippen molar-refractivity contribution < 1.29 is 23.7 Å². The van der Waals surface area contributed by atoms with Gasteiger partial charge in [-0.3, -0.25) is 4.79 Å². The van der Waals surface area contributed by atoms with Crippen LogP contribution >= 0.6 is 0 Å². The molecule has 2 aromatic carbocycles. The van der Waals surface area contributed by atoms with E-state index in [1.54, 1.807) is 0 Å². The number of esters is 1. The number of rotatable bonds is 8. The molecule has 3 atom stereocenters. The van der Waals surface area contributed by atoms with Gasteiger partial charge in [0, 0.05) is 13.3 Å². The first-order valence-corrected chi connectivity index (χ1v) is 8.80. The number of hydrogen-bond donors (Lipinski definition) is 0. The van der Waals surface area contributed by atoms with E-state index >= 15 is 0 Å². The van der Waals surface area contributed by atoms with Crippen LogP contribution < -0.4 is 0 Å². The van der Waals surface area contributed by atoms with Crippen LogP contribution in [0.2, 0.25) is 0 Å². The van der Waals surface area contributed by atoms with Crippen molar-refractivity contribution >= 4 is 5.97 Å². The minimum Gasteiger partial charge on any atom is -0.436 e. The van der Waals surface area contributed by atoms with Crippen LogP contribution in [-0.2, 0) is 37.0 Å². The van der Waals surface area contributed by atoms with Gasteiger partial charge in [0.1, 0.15) is 6.10 Å². The minimum atomic E-state index is -0.585. The van der Waals surface area contributed by atoms with Gasteiger partial charge < -0.3 is 18.9 Å². The molecule has 0 N–H and O–H groups in total. The Bertz CT molecular complexity index is 673. The topological polar surface area (TPSA) is 54.0 Å². The van der Waals surface area contributed by atoms with Gasteiger partial charge >= 0.3 is 5.97 Å². The highest BCUT2D eigenvalue weighted by Crippen LogP contribution is 2.26. The van der Waals surface area contributed by atoms with Crippen LogP contribution in [0, 0.1) is 0 Å². The van der Waals surface area contributed by atoms with Crippen molar-refractivity contribution in [2.75, 3.05) is 6.61 Å². The normalized spacial score (nSPS) is 22.3. The second-order valence-electron chi connectivity index (χ2n) is 6.29. The predicted octanol–water partition coefficient (Wildman–Crippen LogP) is 3.47. The summed E-state index contributed by atoms with van der Waals surface area (Å²) < 4.78 is 22.8. The lowest BCUT2D eigenvalue weighted by Crippen LogP contribution is -2.29. The monoisotopic (exact) mass is 356 g/mol. The first-order valence-electron chi connectivity index (χ1n) is 8.80. The first kappa shape index (κ1) is 18.6. The van der Waals surface area contributed by atoms with Crippen LogP contribution in [0.4, 0.5) is 0 Å². The van der Waals surface area contributed by atoms with Crippen LogP contribution in [-0.4, -0.2) is 31.1 Å². The van der Waals surface area contributed by atoms with Gasteiger partial charge in [0.2, 0.25) is 6.29 Å². The first-order chi connectivity index (χ1) is 12.7. The molecule has 0 saturated carbocycles. The zero-order valence-electron chi connectivity index (χ0n) is 14.9. The highest BCUT2D eigenvalue weighted by atomic mass is 16.7. The average Bonchev–Trinajstić information content (AvgIpc) is 3.02. The summed E-state index contributed by atoms with van der Waals surface area (Å²) in [7, 11) is 0. The van der Waals surface area contributed by atoms with Gasteiger partial charge in [-0.2, -0.15) is 0 Å². The molecular weight excluding hydrogens is 332 g/mol. The van der Waals surface area contributed by atoms with Crippen molar-refractivity contribution in [1.82, 2.24) is 0 Å². The average molecular weight is 356 g/mol. The van der Waals surface area contributed by atoms with E-state index in [0.717, 1.165) is 11.1 Å². The Hall–Kier alpha value is -2.21. The van der Waals surface area contributed by atoms with Crippen LogP contribution in [0.5, 0.6) is 0 Å². The SMILES string of the molecule is CC(=O)OC1C[C@H](OCc2ccccc2)[C@@H](COCc2ccccc2)O1. The highest BCUT2D eigenvalue weighted by molar-refractivity contribution is 5.66. The number of carbonyl (C=O) groups excluding carboxylic acids is 1. The molecule has 0 aromatic heterocycles. The number of hydrogen-bond acceptors (Lipinski definition) is 5. The number of ether oxygens (including phenoxy) is 4. The minimum absolute atomic E-state index is 0.185. The second-order valence-corrected chi connectivity index (χ2v) is 6.29. The Balaban J connectivity index is 1.53. The van der Waals surface area contributed by atoms with Crippen LogP contribution in [0.25, 0.3) is 0 Å². The molecule has 1 saturated heterocycles. The molecule has 1 fully saturated rings. The molecule has 2 aromatic rings. The van der Waals surface area contributed by atoms with Crippen molar-refractivity contribution in [2.45, 2.75) is 45.1 Å². The van der Waals surface area contributed by atoms with Gasteiger partial charge in [-0.1, -0.05) is 60.7 Å². The predicted molar refractivity (Wildman–Crippen MR) is 96.2 cm³/mol. The van der Waals surface area contributed by atoms with Gasteiger partial charge in [0.25, 0.3) is 0 Å². The second kappa shape index (κ2) is 9.48. The van der Waals surface area contributed by atoms with Crippen LogP contribution in [0.15, 0.2) is 60.7 Å². The standard InChI is InChI=1S/C21H24O5/c1-16(22)25-21-12-19(24-14-18-10-6-3-7-11-18)20(26-21)15-23-13-17-8-4-2-5-9-17/h2-11,19-21H,12-15H2,1H3/t19-,20+,21?/m0/s1. The van der Waals surface area contributed by atoms with Crippen molar-refractivity contribution in [2.24, 2.45) is 0 Å². The van der Waals surface area contributed by atoms with E-state index in [1.807, 2.05) is 60.7 Å². The van der Waals surface area contributed by atoms with Crippen molar-refractivity contribution in [3.63, 3.8) is 0 Å². The highest BCUT2D eigenvalue weighted by Gasteiger charge is 2.38. The number of benzene rings is 2. The fourth-order valence-electron chi connectivity index (χ4n) is 2.91. The van der Waals surface area contributed by atoms with E-state index in [-0.39, 0.29) is 18.2 Å². The third-order valence-corrected chi connectivity index (χ3v) is 4.16. The number of carbonyl (C=O) groups is 1. The Morgan fingerprint density at radius 1 is 1.00 bits per heavy atom. The Labute approximate surface area is 153 Å². The maximum atomic E-state index is 11.2. The molecular formula is C21H24O5. The van der Waals surface area contributed by atoms with Gasteiger partial charge in [-0.05, 0) is 11.1 Å². The molecule has 0 spiro atoms. The molecule has 26 heavy (non-hydrogen) atoms. The molecule has 1 aliphatic heterocycles. The fraction of sp³-hybridized carbons (Fsp3) is 0.381. The van der Waals surface area contributed by atoms with E-state index in [2.05, 4.69) is 0 Å². The molecule has 0 amide bonds. The molecule has 0 bridgehead atoms. The zero-order valence-corrected chi connectivity index (χ0v) is 14.9. The summed E-state index contributed by atoms with van der Waals surface area (Å²) in [6, 6.07) is 19.9. The van der Waals surface area contributed by atoms with E-state index in [4.69, 9.17) is 18.9 Å². The summed E-state index contributed by atoms with van der Waals surface area (Å²) in [5.41, 5.74) is 2.19. The lowest BCUT2D eigenvalue weighted by atomic mass is 10.2. The van der Waals surface area contributed by atoms with E-state index in [0.29, 0.717) is 26.2 Å². The van der Waals surface area contributed by atoms with Gasteiger partial charge in [0.05, 0.1) is 25.9 Å². The maximum absolute atomic E-state index is 11.2. The summed E-state index contributed by atoms with van der Waals surface area (Å²) in [5, 5.41) is 0. The quantitative estimate of drug-likeness (QED) is 0.678. The van der Waals surface area contributed by atoms with E-state index in [9.17, 15) is 4.79 Å². The van der Waals surface area contributed by atoms with E-state index in [1.165, 1.54) is 6.92 Å². The summed E-state index contributed by atoms with van der Waals surface area (Å²) in [6.45, 7) is 2.75. The Morgan fingerprint density at radius 2 is 1.62 bits per heavy atom. The fourth-order valence-corrected chi connectivity index (χ4v) is 2.91. The summed E-state index contributed by atoms with van der Waals surface area (Å²) in [5.74, 6) is -0.359. The molecule has 0 radical (unpaired) electrons. The van der Waals surface area contributed by atoms with Crippen molar-refractivity contribution in [1.29, 1.82) is 0 Å². The summed E-state index contributed by atoms with van der Waals surface area (Å²) in [4.78, 5) is 11.2. The molecule has 1 heterocycles. The largest absolute Gasteiger partial charge is 0.436 e. The van der Waals surface area contributed by atoms with Crippen molar-refractivity contribution in [3.05, 3.63) is 71.8 Å². The molecule has 5 nitrogen and oxygen atoms in total. The lowest BCUT2D eigenvalue weighted by Gasteiger charge is -2.19. The van der Waals surface area contributed by atoms with Crippen molar-refractivity contribution in [3.8, 4) is 0 Å². The smallest absolute Gasteiger partial charge is 0.304 e. The Morgan fingerprint density at radius 3 is 2.23 bits per heavy atom. The zero-order chi connectivity index (χ0) is 18.2. The van der Waals surface area contributed by atoms with Gasteiger partial charge in [-0.25, -0.2) is 0 Å². The molecule has 5 heteroatoms. The maximum Gasteiger partial charge on any atom is 0.304 e.